The molecule has 0 atom stereocenters. The zero-order chi connectivity index (χ0) is 15.7. The van der Waals surface area contributed by atoms with Crippen LogP contribution in [-0.4, -0.2) is 25.3 Å². The van der Waals surface area contributed by atoms with Gasteiger partial charge < -0.3 is 5.73 Å². The highest BCUT2D eigenvalue weighted by Crippen LogP contribution is 2.29. The van der Waals surface area contributed by atoms with Crippen LogP contribution in [0.4, 0.5) is 13.2 Å². The Labute approximate surface area is 120 Å². The molecule has 21 heavy (non-hydrogen) atoms. The predicted molar refractivity (Wildman–Crippen MR) is 71.1 cm³/mol. The number of nitrogens with zero attached hydrogens (tertiary/aromatic N) is 4. The average molecular weight is 299 g/mol. The lowest BCUT2D eigenvalue weighted by Gasteiger charge is -2.18. The highest BCUT2D eigenvalue weighted by Gasteiger charge is 2.38. The van der Waals surface area contributed by atoms with E-state index in [4.69, 9.17) is 5.73 Å². The number of hydrogen-bond acceptors (Lipinski definition) is 4. The van der Waals surface area contributed by atoms with Crippen LogP contribution in [0.15, 0.2) is 24.5 Å². The summed E-state index contributed by atoms with van der Waals surface area (Å²) in [5.41, 5.74) is 5.67. The SMILES string of the molecule is CC(C)(N)CCn1nc(-c2cccnc2)nc1C(F)(F)F. The Balaban J connectivity index is 2.36. The molecule has 0 bridgehead atoms. The molecule has 0 amide bonds. The first-order valence-corrected chi connectivity index (χ1v) is 6.38. The first-order chi connectivity index (χ1) is 9.67. The Kier molecular flexibility index (Phi) is 3.99. The number of hydrogen-bond donors (Lipinski definition) is 1. The standard InChI is InChI=1S/C13H16F3N5/c1-12(2,17)5-7-21-11(13(14,15)16)19-10(20-21)9-4-3-6-18-8-9/h3-4,6,8H,5,7,17H2,1-2H3. The van der Waals surface area contributed by atoms with Crippen molar-refractivity contribution in [3.8, 4) is 11.4 Å². The van der Waals surface area contributed by atoms with Gasteiger partial charge in [-0.3, -0.25) is 4.98 Å². The molecule has 0 aliphatic carbocycles. The molecule has 0 aliphatic rings. The Hall–Kier alpha value is -1.96. The summed E-state index contributed by atoms with van der Waals surface area (Å²) in [4.78, 5) is 7.46. The molecule has 0 unspecified atom stereocenters. The third-order valence-electron chi connectivity index (χ3n) is 2.81. The lowest BCUT2D eigenvalue weighted by atomic mass is 10.0. The van der Waals surface area contributed by atoms with Gasteiger partial charge in [-0.05, 0) is 32.4 Å². The van der Waals surface area contributed by atoms with Crippen LogP contribution in [0.5, 0.6) is 0 Å². The first-order valence-electron chi connectivity index (χ1n) is 6.38. The van der Waals surface area contributed by atoms with Gasteiger partial charge >= 0.3 is 6.18 Å². The number of aryl methyl sites for hydroxylation is 1. The van der Waals surface area contributed by atoms with Crippen molar-refractivity contribution in [1.29, 1.82) is 0 Å². The molecule has 2 N–H and O–H groups in total. The zero-order valence-corrected chi connectivity index (χ0v) is 11.7. The van der Waals surface area contributed by atoms with Gasteiger partial charge in [-0.1, -0.05) is 0 Å². The Morgan fingerprint density at radius 1 is 1.29 bits per heavy atom. The number of aromatic nitrogens is 4. The highest BCUT2D eigenvalue weighted by molar-refractivity contribution is 5.52. The Morgan fingerprint density at radius 3 is 2.52 bits per heavy atom. The topological polar surface area (TPSA) is 69.6 Å². The Bertz CT molecular complexity index is 599. The maximum Gasteiger partial charge on any atom is 0.451 e. The molecule has 114 valence electrons. The van der Waals surface area contributed by atoms with E-state index in [0.717, 1.165) is 4.68 Å². The fourth-order valence-electron chi connectivity index (χ4n) is 1.72. The van der Waals surface area contributed by atoms with Gasteiger partial charge in [-0.25, -0.2) is 9.67 Å². The molecule has 0 saturated heterocycles. The summed E-state index contributed by atoms with van der Waals surface area (Å²) in [6.07, 6.45) is -1.26. The zero-order valence-electron chi connectivity index (χ0n) is 11.7. The molecule has 2 heterocycles. The second-order valence-corrected chi connectivity index (χ2v) is 5.46. The van der Waals surface area contributed by atoms with Gasteiger partial charge in [-0.2, -0.15) is 18.3 Å². The lowest BCUT2D eigenvalue weighted by Crippen LogP contribution is -2.33. The normalized spacial score (nSPS) is 12.7. The largest absolute Gasteiger partial charge is 0.451 e. The van der Waals surface area contributed by atoms with E-state index in [2.05, 4.69) is 15.1 Å². The molecule has 0 aromatic carbocycles. The van der Waals surface area contributed by atoms with Crippen molar-refractivity contribution >= 4 is 0 Å². The molecular formula is C13H16F3N5. The van der Waals surface area contributed by atoms with Crippen molar-refractivity contribution in [2.75, 3.05) is 0 Å². The van der Waals surface area contributed by atoms with Gasteiger partial charge in [0.15, 0.2) is 5.82 Å². The molecule has 2 rings (SSSR count). The van der Waals surface area contributed by atoms with Crippen LogP contribution in [0.25, 0.3) is 11.4 Å². The predicted octanol–water partition coefficient (Wildman–Crippen LogP) is 2.49. The fourth-order valence-corrected chi connectivity index (χ4v) is 1.72. The first kappa shape index (κ1) is 15.4. The smallest absolute Gasteiger partial charge is 0.325 e. The van der Waals surface area contributed by atoms with E-state index in [9.17, 15) is 13.2 Å². The fraction of sp³-hybridized carbons (Fsp3) is 0.462. The molecular weight excluding hydrogens is 283 g/mol. The minimum Gasteiger partial charge on any atom is -0.325 e. The van der Waals surface area contributed by atoms with Crippen molar-refractivity contribution in [1.82, 2.24) is 19.7 Å². The van der Waals surface area contributed by atoms with Gasteiger partial charge in [0.1, 0.15) is 0 Å². The maximum atomic E-state index is 13.0. The van der Waals surface area contributed by atoms with Crippen LogP contribution in [0.1, 0.15) is 26.1 Å². The van der Waals surface area contributed by atoms with Crippen molar-refractivity contribution in [3.63, 3.8) is 0 Å². The van der Waals surface area contributed by atoms with Gasteiger partial charge in [0.25, 0.3) is 0 Å². The van der Waals surface area contributed by atoms with Gasteiger partial charge in [0, 0.05) is 30.0 Å². The molecule has 0 aliphatic heterocycles. The van der Waals surface area contributed by atoms with Gasteiger partial charge in [0.05, 0.1) is 0 Å². The van der Waals surface area contributed by atoms with E-state index in [1.54, 1.807) is 26.0 Å². The molecule has 2 aromatic heterocycles. The third-order valence-corrected chi connectivity index (χ3v) is 2.81. The average Bonchev–Trinajstić information content (AvgIpc) is 2.81. The minimum atomic E-state index is -4.56. The van der Waals surface area contributed by atoms with Crippen molar-refractivity contribution in [3.05, 3.63) is 30.4 Å². The minimum absolute atomic E-state index is 0.00486. The van der Waals surface area contributed by atoms with Crippen molar-refractivity contribution < 1.29 is 13.2 Å². The summed E-state index contributed by atoms with van der Waals surface area (Å²) in [5.74, 6) is -1.02. The molecule has 0 fully saturated rings. The van der Waals surface area contributed by atoms with E-state index in [-0.39, 0.29) is 12.4 Å². The van der Waals surface area contributed by atoms with Crippen LogP contribution < -0.4 is 5.73 Å². The van der Waals surface area contributed by atoms with E-state index < -0.39 is 17.5 Å². The summed E-state index contributed by atoms with van der Waals surface area (Å²) < 4.78 is 39.9. The summed E-state index contributed by atoms with van der Waals surface area (Å²) in [6, 6.07) is 3.23. The molecule has 0 radical (unpaired) electrons. The van der Waals surface area contributed by atoms with Crippen LogP contribution in [0.3, 0.4) is 0 Å². The van der Waals surface area contributed by atoms with Crippen LogP contribution in [0, 0.1) is 0 Å². The number of halogens is 3. The lowest BCUT2D eigenvalue weighted by molar-refractivity contribution is -0.147. The van der Waals surface area contributed by atoms with Gasteiger partial charge in [0.2, 0.25) is 5.82 Å². The summed E-state index contributed by atoms with van der Waals surface area (Å²) in [5, 5.41) is 3.94. The van der Waals surface area contributed by atoms with E-state index in [1.165, 1.54) is 12.4 Å². The molecule has 8 heteroatoms. The van der Waals surface area contributed by atoms with Crippen LogP contribution in [-0.2, 0) is 12.7 Å². The van der Waals surface area contributed by atoms with E-state index >= 15 is 0 Å². The quantitative estimate of drug-likeness (QED) is 0.941. The number of rotatable bonds is 4. The number of nitrogens with two attached hydrogens (primary N) is 1. The monoisotopic (exact) mass is 299 g/mol. The van der Waals surface area contributed by atoms with Crippen molar-refractivity contribution in [2.24, 2.45) is 5.73 Å². The Morgan fingerprint density at radius 2 is 2.00 bits per heavy atom. The molecule has 0 spiro atoms. The van der Waals surface area contributed by atoms with Gasteiger partial charge in [-0.15, -0.1) is 0 Å². The van der Waals surface area contributed by atoms with E-state index in [0.29, 0.717) is 12.0 Å². The summed E-state index contributed by atoms with van der Waals surface area (Å²) in [6.45, 7) is 3.55. The summed E-state index contributed by atoms with van der Waals surface area (Å²) in [7, 11) is 0. The number of alkyl halides is 3. The second-order valence-electron chi connectivity index (χ2n) is 5.46. The second kappa shape index (κ2) is 5.44. The maximum absolute atomic E-state index is 13.0. The third kappa shape index (κ3) is 4.01. The number of pyridine rings is 1. The van der Waals surface area contributed by atoms with Crippen molar-refractivity contribution in [2.45, 2.75) is 38.5 Å². The van der Waals surface area contributed by atoms with Crippen LogP contribution in [0.2, 0.25) is 0 Å². The van der Waals surface area contributed by atoms with Crippen LogP contribution >= 0.6 is 0 Å². The molecule has 0 saturated carbocycles. The summed E-state index contributed by atoms with van der Waals surface area (Å²) >= 11 is 0. The van der Waals surface area contributed by atoms with E-state index in [1.807, 2.05) is 0 Å². The molecule has 2 aromatic rings. The highest BCUT2D eigenvalue weighted by atomic mass is 19.4. The molecule has 5 nitrogen and oxygen atoms in total.